The highest BCUT2D eigenvalue weighted by molar-refractivity contribution is 7.11. The van der Waals surface area contributed by atoms with Gasteiger partial charge >= 0.3 is 5.97 Å². The maximum absolute atomic E-state index is 10.6. The first kappa shape index (κ1) is 15.5. The molecular weight excluding hydrogens is 286 g/mol. The highest BCUT2D eigenvalue weighted by Gasteiger charge is 2.09. The summed E-state index contributed by atoms with van der Waals surface area (Å²) in [5, 5.41) is 9.72. The van der Waals surface area contributed by atoms with Gasteiger partial charge in [0.25, 0.3) is 0 Å². The van der Waals surface area contributed by atoms with Crippen molar-refractivity contribution >= 4 is 17.3 Å². The van der Waals surface area contributed by atoms with E-state index in [0.717, 1.165) is 27.7 Å². The topological polar surface area (TPSA) is 59.4 Å². The maximum Gasteiger partial charge on any atom is 0.303 e. The van der Waals surface area contributed by atoms with E-state index in [1.807, 2.05) is 38.1 Å². The third-order valence-corrected chi connectivity index (χ3v) is 4.39. The van der Waals surface area contributed by atoms with E-state index >= 15 is 0 Å². The molecule has 0 unspecified atom stereocenters. The lowest BCUT2D eigenvalue weighted by Crippen LogP contribution is -2.00. The molecule has 0 radical (unpaired) electrons. The summed E-state index contributed by atoms with van der Waals surface area (Å²) in [5.74, 6) is 0.0898. The van der Waals surface area contributed by atoms with Crippen molar-refractivity contribution in [2.24, 2.45) is 0 Å². The van der Waals surface area contributed by atoms with Gasteiger partial charge in [0.15, 0.2) is 0 Å². The molecule has 1 aromatic heterocycles. The molecule has 0 aliphatic carbocycles. The molecule has 112 valence electrons. The molecule has 0 spiro atoms. The average Bonchev–Trinajstić information content (AvgIpc) is 2.79. The van der Waals surface area contributed by atoms with Crippen molar-refractivity contribution in [1.82, 2.24) is 4.98 Å². The molecule has 1 aromatic carbocycles. The Kier molecular flexibility index (Phi) is 5.33. The van der Waals surface area contributed by atoms with Crippen LogP contribution in [0.5, 0.6) is 5.75 Å². The van der Waals surface area contributed by atoms with E-state index in [1.54, 1.807) is 11.3 Å². The van der Waals surface area contributed by atoms with Crippen LogP contribution in [0, 0.1) is 13.8 Å². The highest BCUT2D eigenvalue weighted by Crippen LogP contribution is 2.20. The number of carboxylic acid groups (broad SMARTS) is 1. The van der Waals surface area contributed by atoms with Gasteiger partial charge in [0.05, 0.1) is 23.7 Å². The first-order valence-electron chi connectivity index (χ1n) is 6.91. The first-order chi connectivity index (χ1) is 10.0. The lowest BCUT2D eigenvalue weighted by molar-refractivity contribution is -0.136. The molecule has 0 aliphatic heterocycles. The van der Waals surface area contributed by atoms with Crippen LogP contribution in [-0.2, 0) is 17.6 Å². The quantitative estimate of drug-likeness (QED) is 0.851. The van der Waals surface area contributed by atoms with Gasteiger partial charge in [0.2, 0.25) is 0 Å². The average molecular weight is 305 g/mol. The van der Waals surface area contributed by atoms with Gasteiger partial charge in [-0.1, -0.05) is 17.7 Å². The van der Waals surface area contributed by atoms with E-state index in [1.165, 1.54) is 5.56 Å². The Bertz CT molecular complexity index is 604. The van der Waals surface area contributed by atoms with Crippen molar-refractivity contribution in [1.29, 1.82) is 0 Å². The third kappa shape index (κ3) is 4.86. The normalized spacial score (nSPS) is 10.6. The van der Waals surface area contributed by atoms with Gasteiger partial charge in [0, 0.05) is 11.3 Å². The van der Waals surface area contributed by atoms with Crippen LogP contribution in [0.25, 0.3) is 0 Å². The fraction of sp³-hybridized carbons (Fsp3) is 0.375. The summed E-state index contributed by atoms with van der Waals surface area (Å²) in [6.07, 6.45) is 1.45. The second-order valence-electron chi connectivity index (χ2n) is 4.92. The van der Waals surface area contributed by atoms with Crippen LogP contribution < -0.4 is 4.74 Å². The lowest BCUT2D eigenvalue weighted by atomic mass is 10.2. The van der Waals surface area contributed by atoms with Gasteiger partial charge in [-0.2, -0.15) is 0 Å². The molecule has 1 N–H and O–H groups in total. The van der Waals surface area contributed by atoms with Gasteiger partial charge in [-0.15, -0.1) is 11.3 Å². The summed E-state index contributed by atoms with van der Waals surface area (Å²) in [7, 11) is 0. The van der Waals surface area contributed by atoms with Gasteiger partial charge in [-0.25, -0.2) is 4.98 Å². The third-order valence-electron chi connectivity index (χ3n) is 3.11. The molecule has 0 aliphatic rings. The summed E-state index contributed by atoms with van der Waals surface area (Å²) in [6.45, 7) is 4.55. The van der Waals surface area contributed by atoms with E-state index in [-0.39, 0.29) is 6.42 Å². The number of aromatic nitrogens is 1. The molecule has 1 heterocycles. The predicted octanol–water partition coefficient (Wildman–Crippen LogP) is 3.40. The van der Waals surface area contributed by atoms with Crippen LogP contribution in [-0.4, -0.2) is 22.7 Å². The number of hydrogen-bond donors (Lipinski definition) is 1. The number of rotatable bonds is 7. The Morgan fingerprint density at radius 2 is 1.95 bits per heavy atom. The zero-order valence-electron chi connectivity index (χ0n) is 12.3. The van der Waals surface area contributed by atoms with E-state index in [0.29, 0.717) is 13.0 Å². The van der Waals surface area contributed by atoms with E-state index in [9.17, 15) is 4.79 Å². The smallest absolute Gasteiger partial charge is 0.303 e. The van der Waals surface area contributed by atoms with Crippen molar-refractivity contribution in [2.45, 2.75) is 33.1 Å². The molecule has 0 saturated heterocycles. The van der Waals surface area contributed by atoms with Crippen molar-refractivity contribution in [2.75, 3.05) is 6.61 Å². The molecule has 0 atom stereocenters. The van der Waals surface area contributed by atoms with Crippen molar-refractivity contribution in [3.63, 3.8) is 0 Å². The number of nitrogens with zero attached hydrogens (tertiary/aromatic N) is 1. The standard InChI is InChI=1S/C16H19NO3S/c1-11-3-5-13(6-4-11)20-10-9-15-17-12(2)14(21-15)7-8-16(18)19/h3-6H,7-10H2,1-2H3,(H,18,19). The number of carbonyl (C=O) groups is 1. The second-order valence-corrected chi connectivity index (χ2v) is 6.09. The van der Waals surface area contributed by atoms with E-state index in [2.05, 4.69) is 4.98 Å². The number of ether oxygens (including phenoxy) is 1. The monoisotopic (exact) mass is 305 g/mol. The Hall–Kier alpha value is -1.88. The molecular formula is C16H19NO3S. The second kappa shape index (κ2) is 7.22. The van der Waals surface area contributed by atoms with Crippen molar-refractivity contribution < 1.29 is 14.6 Å². The number of thiazole rings is 1. The van der Waals surface area contributed by atoms with Crippen LogP contribution in [0.1, 0.15) is 27.6 Å². The summed E-state index contributed by atoms with van der Waals surface area (Å²) in [5.41, 5.74) is 2.15. The summed E-state index contributed by atoms with van der Waals surface area (Å²) in [6, 6.07) is 7.96. The van der Waals surface area contributed by atoms with Crippen LogP contribution in [0.2, 0.25) is 0 Å². The van der Waals surface area contributed by atoms with Crippen molar-refractivity contribution in [3.8, 4) is 5.75 Å². The number of aliphatic carboxylic acids is 1. The zero-order valence-corrected chi connectivity index (χ0v) is 13.1. The van der Waals surface area contributed by atoms with Gasteiger partial charge in [-0.05, 0) is 32.4 Å². The number of aryl methyl sites for hydroxylation is 3. The van der Waals surface area contributed by atoms with Gasteiger partial charge in [0.1, 0.15) is 5.75 Å². The van der Waals surface area contributed by atoms with E-state index in [4.69, 9.17) is 9.84 Å². The fourth-order valence-electron chi connectivity index (χ4n) is 1.94. The minimum atomic E-state index is -0.771. The summed E-state index contributed by atoms with van der Waals surface area (Å²) < 4.78 is 5.68. The molecule has 0 fully saturated rings. The molecule has 0 saturated carbocycles. The minimum Gasteiger partial charge on any atom is -0.493 e. The number of hydrogen-bond acceptors (Lipinski definition) is 4. The molecule has 4 nitrogen and oxygen atoms in total. The van der Waals surface area contributed by atoms with E-state index < -0.39 is 5.97 Å². The largest absolute Gasteiger partial charge is 0.493 e. The molecule has 0 amide bonds. The first-order valence-corrected chi connectivity index (χ1v) is 7.72. The van der Waals surface area contributed by atoms with Crippen LogP contribution >= 0.6 is 11.3 Å². The van der Waals surface area contributed by atoms with Crippen LogP contribution in [0.4, 0.5) is 0 Å². The molecule has 2 rings (SSSR count). The van der Waals surface area contributed by atoms with Gasteiger partial charge < -0.3 is 9.84 Å². The zero-order chi connectivity index (χ0) is 15.2. The maximum atomic E-state index is 10.6. The molecule has 21 heavy (non-hydrogen) atoms. The molecule has 0 bridgehead atoms. The SMILES string of the molecule is Cc1ccc(OCCc2nc(C)c(CCC(=O)O)s2)cc1. The molecule has 2 aromatic rings. The fourth-order valence-corrected chi connectivity index (χ4v) is 2.99. The Morgan fingerprint density at radius 1 is 1.24 bits per heavy atom. The Morgan fingerprint density at radius 3 is 2.62 bits per heavy atom. The van der Waals surface area contributed by atoms with Crippen molar-refractivity contribution in [3.05, 3.63) is 45.4 Å². The summed E-state index contributed by atoms with van der Waals surface area (Å²) in [4.78, 5) is 16.1. The number of benzene rings is 1. The lowest BCUT2D eigenvalue weighted by Gasteiger charge is -2.04. The summed E-state index contributed by atoms with van der Waals surface area (Å²) >= 11 is 1.58. The predicted molar refractivity (Wildman–Crippen MR) is 83.2 cm³/mol. The minimum absolute atomic E-state index is 0.155. The Labute approximate surface area is 128 Å². The molecule has 5 heteroatoms. The van der Waals surface area contributed by atoms with Crippen LogP contribution in [0.3, 0.4) is 0 Å². The Balaban J connectivity index is 1.84. The highest BCUT2D eigenvalue weighted by atomic mass is 32.1. The number of carboxylic acids is 1. The van der Waals surface area contributed by atoms with Crippen LogP contribution in [0.15, 0.2) is 24.3 Å². The van der Waals surface area contributed by atoms with Gasteiger partial charge in [-0.3, -0.25) is 4.79 Å².